The molecule has 1 N–H and O–H groups in total. The lowest BCUT2D eigenvalue weighted by Crippen LogP contribution is -2.35. The Balaban J connectivity index is 1.96. The summed E-state index contributed by atoms with van der Waals surface area (Å²) in [5.41, 5.74) is 1.98. The van der Waals surface area contributed by atoms with Crippen molar-refractivity contribution in [2.24, 2.45) is 0 Å². The molecule has 6 nitrogen and oxygen atoms in total. The fourth-order valence-electron chi connectivity index (χ4n) is 3.21. The van der Waals surface area contributed by atoms with Crippen molar-refractivity contribution in [3.05, 3.63) is 54.1 Å². The van der Waals surface area contributed by atoms with Crippen molar-refractivity contribution < 1.29 is 9.53 Å². The van der Waals surface area contributed by atoms with Crippen molar-refractivity contribution in [3.8, 4) is 0 Å². The quantitative estimate of drug-likeness (QED) is 0.621. The molecule has 0 aliphatic carbocycles. The van der Waals surface area contributed by atoms with Crippen LogP contribution in [-0.2, 0) is 9.53 Å². The van der Waals surface area contributed by atoms with Gasteiger partial charge in [0.2, 0.25) is 0 Å². The van der Waals surface area contributed by atoms with E-state index >= 15 is 0 Å². The number of hydrogen-bond acceptors (Lipinski definition) is 4. The number of nitrogens with one attached hydrogen (secondary N) is 1. The number of esters is 1. The number of thiocarbonyl (C=S) groups is 1. The average molecular weight is 372 g/mol. The van der Waals surface area contributed by atoms with Crippen molar-refractivity contribution >= 4 is 23.3 Å². The maximum Gasteiger partial charge on any atom is 0.325 e. The highest BCUT2D eigenvalue weighted by Gasteiger charge is 2.41. The Morgan fingerprint density at radius 3 is 2.81 bits per heavy atom. The highest BCUT2D eigenvalue weighted by molar-refractivity contribution is 7.80. The van der Waals surface area contributed by atoms with Gasteiger partial charge in [-0.3, -0.25) is 9.78 Å². The van der Waals surface area contributed by atoms with E-state index in [-0.39, 0.29) is 24.6 Å². The maximum absolute atomic E-state index is 12.1. The van der Waals surface area contributed by atoms with Crippen molar-refractivity contribution in [2.45, 2.75) is 38.9 Å². The molecule has 1 aliphatic heterocycles. The molecule has 7 heteroatoms. The van der Waals surface area contributed by atoms with Crippen LogP contribution >= 0.6 is 12.2 Å². The van der Waals surface area contributed by atoms with E-state index in [9.17, 15) is 4.79 Å². The van der Waals surface area contributed by atoms with Crippen LogP contribution in [-0.4, -0.2) is 38.7 Å². The molecule has 0 saturated carbocycles. The molecule has 0 aromatic carbocycles. The Morgan fingerprint density at radius 2 is 2.19 bits per heavy atom. The van der Waals surface area contributed by atoms with Crippen molar-refractivity contribution in [2.75, 3.05) is 13.2 Å². The summed E-state index contributed by atoms with van der Waals surface area (Å²) in [7, 11) is 0. The average Bonchev–Trinajstić information content (AvgIpc) is 3.22. The van der Waals surface area contributed by atoms with Gasteiger partial charge in [-0.1, -0.05) is 6.07 Å². The molecule has 2 aromatic heterocycles. The van der Waals surface area contributed by atoms with Crippen LogP contribution in [0.3, 0.4) is 0 Å². The minimum atomic E-state index is -0.286. The van der Waals surface area contributed by atoms with E-state index in [2.05, 4.69) is 47.2 Å². The van der Waals surface area contributed by atoms with Gasteiger partial charge in [-0.2, -0.15) is 0 Å². The SMILES string of the molecule is CCOC(=O)CN1C(=S)N[C@H](c2ccccn2)[C@@H]1c1ccn(C(C)C)c1. The first-order valence-electron chi connectivity index (χ1n) is 8.82. The largest absolute Gasteiger partial charge is 0.465 e. The predicted molar refractivity (Wildman–Crippen MR) is 104 cm³/mol. The Kier molecular flexibility index (Phi) is 5.56. The second kappa shape index (κ2) is 7.86. The molecule has 0 radical (unpaired) electrons. The minimum absolute atomic E-state index is 0.112. The number of hydrogen-bond donors (Lipinski definition) is 1. The van der Waals surface area contributed by atoms with Crippen LogP contribution in [0.2, 0.25) is 0 Å². The number of carbonyl (C=O) groups is 1. The standard InChI is InChI=1S/C19H24N4O2S/c1-4-25-16(24)12-23-18(14-8-10-22(11-14)13(2)3)17(21-19(23)26)15-7-5-6-9-20-15/h5-11,13,17-18H,4,12H2,1-3H3,(H,21,26)/t17-,18+/m1/s1. The van der Waals surface area contributed by atoms with Crippen molar-refractivity contribution in [1.82, 2.24) is 19.8 Å². The van der Waals surface area contributed by atoms with Gasteiger partial charge in [-0.05, 0) is 56.8 Å². The first-order valence-corrected chi connectivity index (χ1v) is 9.23. The molecule has 138 valence electrons. The summed E-state index contributed by atoms with van der Waals surface area (Å²) in [6.07, 6.45) is 5.93. The highest BCUT2D eigenvalue weighted by Crippen LogP contribution is 2.38. The molecule has 0 unspecified atom stereocenters. The Labute approximate surface area is 159 Å². The van der Waals surface area contributed by atoms with Gasteiger partial charge in [0.15, 0.2) is 5.11 Å². The van der Waals surface area contributed by atoms with E-state index in [0.29, 0.717) is 17.8 Å². The van der Waals surface area contributed by atoms with Crippen LogP contribution in [0.4, 0.5) is 0 Å². The van der Waals surface area contributed by atoms with Gasteiger partial charge < -0.3 is 19.5 Å². The van der Waals surface area contributed by atoms with Crippen LogP contribution in [0.25, 0.3) is 0 Å². The van der Waals surface area contributed by atoms with Crippen LogP contribution in [0.15, 0.2) is 42.9 Å². The van der Waals surface area contributed by atoms with E-state index in [1.54, 1.807) is 13.1 Å². The zero-order valence-corrected chi connectivity index (χ0v) is 16.1. The summed E-state index contributed by atoms with van der Waals surface area (Å²) < 4.78 is 7.28. The number of aromatic nitrogens is 2. The fraction of sp³-hybridized carbons (Fsp3) is 0.421. The molecule has 0 bridgehead atoms. The third-order valence-electron chi connectivity index (χ3n) is 4.48. The maximum atomic E-state index is 12.1. The third kappa shape index (κ3) is 3.72. The summed E-state index contributed by atoms with van der Waals surface area (Å²) in [5, 5.41) is 3.87. The molecule has 3 heterocycles. The highest BCUT2D eigenvalue weighted by atomic mass is 32.1. The van der Waals surface area contributed by atoms with Crippen molar-refractivity contribution in [3.63, 3.8) is 0 Å². The fourth-order valence-corrected chi connectivity index (χ4v) is 3.52. The molecule has 2 atom stereocenters. The second-order valence-corrected chi connectivity index (χ2v) is 6.93. The van der Waals surface area contributed by atoms with Gasteiger partial charge in [-0.15, -0.1) is 0 Å². The van der Waals surface area contributed by atoms with Crippen LogP contribution in [0.5, 0.6) is 0 Å². The normalized spacial score (nSPS) is 19.7. The van der Waals surface area contributed by atoms with Crippen LogP contribution in [0.1, 0.15) is 50.2 Å². The van der Waals surface area contributed by atoms with E-state index in [1.165, 1.54) is 0 Å². The number of carbonyl (C=O) groups excluding carboxylic acids is 1. The topological polar surface area (TPSA) is 59.4 Å². The molecule has 1 saturated heterocycles. The second-order valence-electron chi connectivity index (χ2n) is 6.55. The molecule has 3 rings (SSSR count). The van der Waals surface area contributed by atoms with E-state index < -0.39 is 0 Å². The zero-order valence-electron chi connectivity index (χ0n) is 15.3. The smallest absolute Gasteiger partial charge is 0.325 e. The molecule has 0 amide bonds. The molecule has 1 aliphatic rings. The number of ether oxygens (including phenoxy) is 1. The van der Waals surface area contributed by atoms with Crippen molar-refractivity contribution in [1.29, 1.82) is 0 Å². The lowest BCUT2D eigenvalue weighted by molar-refractivity contribution is -0.143. The van der Waals surface area contributed by atoms with Gasteiger partial charge in [0.25, 0.3) is 0 Å². The Bertz CT molecular complexity index is 775. The summed E-state index contributed by atoms with van der Waals surface area (Å²) >= 11 is 5.53. The molecule has 26 heavy (non-hydrogen) atoms. The predicted octanol–water partition coefficient (Wildman–Crippen LogP) is 3.00. The monoisotopic (exact) mass is 372 g/mol. The Hall–Kier alpha value is -2.41. The molecular weight excluding hydrogens is 348 g/mol. The van der Waals surface area contributed by atoms with Crippen LogP contribution in [0, 0.1) is 0 Å². The first-order chi connectivity index (χ1) is 12.5. The molecule has 0 spiro atoms. The van der Waals surface area contributed by atoms with E-state index in [4.69, 9.17) is 17.0 Å². The molecular formula is C19H24N4O2S. The Morgan fingerprint density at radius 1 is 1.38 bits per heavy atom. The van der Waals surface area contributed by atoms with Gasteiger partial charge in [0, 0.05) is 24.6 Å². The first kappa shape index (κ1) is 18.4. The summed E-state index contributed by atoms with van der Waals surface area (Å²) in [5.74, 6) is -0.286. The number of rotatable bonds is 6. The summed E-state index contributed by atoms with van der Waals surface area (Å²) in [6.45, 7) is 6.53. The molecule has 2 aromatic rings. The number of nitrogens with zero attached hydrogens (tertiary/aromatic N) is 3. The van der Waals surface area contributed by atoms with E-state index in [0.717, 1.165) is 11.3 Å². The van der Waals surface area contributed by atoms with Gasteiger partial charge in [-0.25, -0.2) is 0 Å². The van der Waals surface area contributed by atoms with Crippen LogP contribution < -0.4 is 5.32 Å². The van der Waals surface area contributed by atoms with Gasteiger partial charge in [0.1, 0.15) is 6.54 Å². The third-order valence-corrected chi connectivity index (χ3v) is 4.83. The molecule has 1 fully saturated rings. The van der Waals surface area contributed by atoms with Gasteiger partial charge in [0.05, 0.1) is 24.4 Å². The summed E-state index contributed by atoms with van der Waals surface area (Å²) in [6, 6.07) is 8.00. The summed E-state index contributed by atoms with van der Waals surface area (Å²) in [4.78, 5) is 18.5. The zero-order chi connectivity index (χ0) is 18.7. The lowest BCUT2D eigenvalue weighted by Gasteiger charge is -2.26. The minimum Gasteiger partial charge on any atom is -0.465 e. The van der Waals surface area contributed by atoms with Gasteiger partial charge >= 0.3 is 5.97 Å². The lowest BCUT2D eigenvalue weighted by atomic mass is 9.99. The van der Waals surface area contributed by atoms with E-state index in [1.807, 2.05) is 23.1 Å². The number of pyridine rings is 1.